The molecule has 2 N–H and O–H groups in total. The van der Waals surface area contributed by atoms with Crippen molar-refractivity contribution in [1.29, 1.82) is 0 Å². The summed E-state index contributed by atoms with van der Waals surface area (Å²) in [5, 5.41) is 18.1. The molecular formula is C21H18N2O6S. The number of carbonyl (C=O) groups is 3. The SMILES string of the molecule is CCN1C(=O)C(=Cc2ccc(OCC(=O)O)cc2)SC1=Nc1ccc(C(=O)O)cc1. The Hall–Kier alpha value is -3.59. The molecule has 30 heavy (non-hydrogen) atoms. The number of likely N-dealkylation sites (N-methyl/N-ethyl adjacent to an activating group) is 1. The van der Waals surface area contributed by atoms with E-state index in [9.17, 15) is 14.4 Å². The summed E-state index contributed by atoms with van der Waals surface area (Å²) in [4.78, 5) is 40.8. The van der Waals surface area contributed by atoms with Crippen molar-refractivity contribution in [3.63, 3.8) is 0 Å². The molecule has 1 amide bonds. The number of carboxylic acids is 2. The summed E-state index contributed by atoms with van der Waals surface area (Å²) in [5.41, 5.74) is 1.48. The van der Waals surface area contributed by atoms with Crippen LogP contribution in [0.25, 0.3) is 6.08 Å². The Bertz CT molecular complexity index is 1030. The quantitative estimate of drug-likeness (QED) is 0.651. The van der Waals surface area contributed by atoms with E-state index in [4.69, 9.17) is 14.9 Å². The number of nitrogens with zero attached hydrogens (tertiary/aromatic N) is 2. The van der Waals surface area contributed by atoms with E-state index < -0.39 is 18.5 Å². The smallest absolute Gasteiger partial charge is 0.341 e. The highest BCUT2D eigenvalue weighted by Gasteiger charge is 2.32. The van der Waals surface area contributed by atoms with Gasteiger partial charge in [-0.2, -0.15) is 0 Å². The third kappa shape index (κ3) is 5.06. The Morgan fingerprint density at radius 3 is 2.33 bits per heavy atom. The molecule has 2 aromatic carbocycles. The summed E-state index contributed by atoms with van der Waals surface area (Å²) in [5.74, 6) is -1.82. The van der Waals surface area contributed by atoms with Gasteiger partial charge in [0.15, 0.2) is 11.8 Å². The topological polar surface area (TPSA) is 117 Å². The molecule has 9 heteroatoms. The van der Waals surface area contributed by atoms with Gasteiger partial charge in [-0.15, -0.1) is 0 Å². The molecule has 0 aromatic heterocycles. The summed E-state index contributed by atoms with van der Waals surface area (Å²) in [6.45, 7) is 1.86. The number of benzene rings is 2. The first-order chi connectivity index (χ1) is 14.4. The van der Waals surface area contributed by atoms with Crippen molar-refractivity contribution in [2.24, 2.45) is 4.99 Å². The number of amidine groups is 1. The highest BCUT2D eigenvalue weighted by atomic mass is 32.2. The maximum atomic E-state index is 12.7. The average Bonchev–Trinajstić information content (AvgIpc) is 3.01. The summed E-state index contributed by atoms with van der Waals surface area (Å²) < 4.78 is 5.10. The Kier molecular flexibility index (Phi) is 6.53. The molecule has 154 valence electrons. The number of hydrogen-bond acceptors (Lipinski definition) is 6. The number of aromatic carboxylic acids is 1. The first-order valence-corrected chi connectivity index (χ1v) is 9.77. The van der Waals surface area contributed by atoms with Crippen molar-refractivity contribution in [2.45, 2.75) is 6.92 Å². The minimum Gasteiger partial charge on any atom is -0.482 e. The molecule has 1 saturated heterocycles. The molecule has 1 aliphatic rings. The number of thioether (sulfide) groups is 1. The van der Waals surface area contributed by atoms with Crippen LogP contribution in [0.5, 0.6) is 5.75 Å². The number of rotatable bonds is 7. The van der Waals surface area contributed by atoms with Gasteiger partial charge in [-0.25, -0.2) is 14.6 Å². The Labute approximate surface area is 176 Å². The van der Waals surface area contributed by atoms with E-state index in [1.165, 1.54) is 23.9 Å². The third-order valence-electron chi connectivity index (χ3n) is 4.08. The van der Waals surface area contributed by atoms with Gasteiger partial charge in [0.25, 0.3) is 5.91 Å². The average molecular weight is 426 g/mol. The van der Waals surface area contributed by atoms with E-state index in [1.807, 2.05) is 6.92 Å². The molecule has 0 bridgehead atoms. The fourth-order valence-electron chi connectivity index (χ4n) is 2.62. The lowest BCUT2D eigenvalue weighted by molar-refractivity contribution is -0.139. The standard InChI is InChI=1S/C21H18N2O6S/c1-2-23-19(26)17(11-13-3-9-16(10-4-13)29-12-18(24)25)30-21(23)22-15-7-5-14(6-8-15)20(27)28/h3-11H,2,12H2,1H3,(H,24,25)(H,27,28). The summed E-state index contributed by atoms with van der Waals surface area (Å²) in [6, 6.07) is 12.8. The highest BCUT2D eigenvalue weighted by molar-refractivity contribution is 8.18. The number of ether oxygens (including phenoxy) is 1. The lowest BCUT2D eigenvalue weighted by Crippen LogP contribution is -2.28. The zero-order valence-corrected chi connectivity index (χ0v) is 16.8. The van der Waals surface area contributed by atoms with Crippen LogP contribution in [0, 0.1) is 0 Å². The molecule has 0 spiro atoms. The predicted molar refractivity (Wildman–Crippen MR) is 113 cm³/mol. The van der Waals surface area contributed by atoms with Crippen LogP contribution in [0.3, 0.4) is 0 Å². The Morgan fingerprint density at radius 2 is 1.77 bits per heavy atom. The second-order valence-electron chi connectivity index (χ2n) is 6.16. The normalized spacial score (nSPS) is 16.3. The summed E-state index contributed by atoms with van der Waals surface area (Å²) in [7, 11) is 0. The van der Waals surface area contributed by atoms with Gasteiger partial charge in [0.1, 0.15) is 5.75 Å². The van der Waals surface area contributed by atoms with Crippen LogP contribution in [-0.4, -0.2) is 51.3 Å². The predicted octanol–water partition coefficient (Wildman–Crippen LogP) is 3.47. The zero-order chi connectivity index (χ0) is 21.7. The third-order valence-corrected chi connectivity index (χ3v) is 5.09. The minimum atomic E-state index is -1.06. The molecular weight excluding hydrogens is 408 g/mol. The van der Waals surface area contributed by atoms with Crippen molar-refractivity contribution >= 4 is 46.5 Å². The minimum absolute atomic E-state index is 0.165. The number of hydrogen-bond donors (Lipinski definition) is 2. The van der Waals surface area contributed by atoms with Gasteiger partial charge in [-0.1, -0.05) is 12.1 Å². The molecule has 1 aliphatic heterocycles. The molecule has 0 atom stereocenters. The van der Waals surface area contributed by atoms with Gasteiger partial charge in [-0.3, -0.25) is 9.69 Å². The van der Waals surface area contributed by atoms with Crippen molar-refractivity contribution in [3.8, 4) is 5.75 Å². The molecule has 1 heterocycles. The second kappa shape index (κ2) is 9.27. The van der Waals surface area contributed by atoms with Gasteiger partial charge in [0.2, 0.25) is 0 Å². The zero-order valence-electron chi connectivity index (χ0n) is 15.9. The second-order valence-corrected chi connectivity index (χ2v) is 7.17. The van der Waals surface area contributed by atoms with Crippen molar-refractivity contribution in [3.05, 3.63) is 64.6 Å². The molecule has 0 aliphatic carbocycles. The van der Waals surface area contributed by atoms with Gasteiger partial charge in [0.05, 0.1) is 16.2 Å². The molecule has 0 unspecified atom stereocenters. The fraction of sp³-hybridized carbons (Fsp3) is 0.143. The van der Waals surface area contributed by atoms with Gasteiger partial charge in [-0.05, 0) is 66.7 Å². The largest absolute Gasteiger partial charge is 0.482 e. The van der Waals surface area contributed by atoms with Crippen LogP contribution in [0.2, 0.25) is 0 Å². The van der Waals surface area contributed by atoms with E-state index in [1.54, 1.807) is 47.4 Å². The molecule has 2 aromatic rings. The monoisotopic (exact) mass is 426 g/mol. The van der Waals surface area contributed by atoms with Gasteiger partial charge < -0.3 is 14.9 Å². The van der Waals surface area contributed by atoms with Crippen LogP contribution < -0.4 is 4.74 Å². The van der Waals surface area contributed by atoms with Crippen molar-refractivity contribution in [2.75, 3.05) is 13.2 Å². The number of carboxylic acid groups (broad SMARTS) is 2. The Morgan fingerprint density at radius 1 is 1.10 bits per heavy atom. The fourth-order valence-corrected chi connectivity index (χ4v) is 3.68. The van der Waals surface area contributed by atoms with Crippen LogP contribution >= 0.6 is 11.8 Å². The summed E-state index contributed by atoms with van der Waals surface area (Å²) >= 11 is 1.23. The Balaban J connectivity index is 1.79. The van der Waals surface area contributed by atoms with E-state index in [0.717, 1.165) is 5.56 Å². The molecule has 0 radical (unpaired) electrons. The number of aliphatic carboxylic acids is 1. The number of aliphatic imine (C=N–C) groups is 1. The first kappa shape index (κ1) is 21.1. The van der Waals surface area contributed by atoms with E-state index in [0.29, 0.717) is 28.1 Å². The highest BCUT2D eigenvalue weighted by Crippen LogP contribution is 2.34. The number of carbonyl (C=O) groups excluding carboxylic acids is 1. The molecule has 3 rings (SSSR count). The molecule has 0 saturated carbocycles. The first-order valence-electron chi connectivity index (χ1n) is 8.95. The lowest BCUT2D eigenvalue weighted by atomic mass is 10.2. The van der Waals surface area contributed by atoms with Crippen LogP contribution in [-0.2, 0) is 9.59 Å². The maximum Gasteiger partial charge on any atom is 0.341 e. The van der Waals surface area contributed by atoms with Gasteiger partial charge in [0, 0.05) is 6.54 Å². The van der Waals surface area contributed by atoms with Crippen LogP contribution in [0.15, 0.2) is 58.4 Å². The van der Waals surface area contributed by atoms with Gasteiger partial charge >= 0.3 is 11.9 Å². The molecule has 8 nitrogen and oxygen atoms in total. The lowest BCUT2D eigenvalue weighted by Gasteiger charge is -2.12. The summed E-state index contributed by atoms with van der Waals surface area (Å²) in [6.07, 6.45) is 1.73. The van der Waals surface area contributed by atoms with E-state index in [2.05, 4.69) is 4.99 Å². The van der Waals surface area contributed by atoms with Crippen LogP contribution in [0.4, 0.5) is 5.69 Å². The maximum absolute atomic E-state index is 12.7. The van der Waals surface area contributed by atoms with E-state index >= 15 is 0 Å². The van der Waals surface area contributed by atoms with E-state index in [-0.39, 0.29) is 11.5 Å². The van der Waals surface area contributed by atoms with Crippen molar-refractivity contribution < 1.29 is 29.3 Å². The van der Waals surface area contributed by atoms with Crippen molar-refractivity contribution in [1.82, 2.24) is 4.90 Å². The number of amides is 1. The van der Waals surface area contributed by atoms with Crippen LogP contribution in [0.1, 0.15) is 22.8 Å². The molecule has 1 fully saturated rings.